The second kappa shape index (κ2) is 9.18. The number of imide groups is 1. The molecule has 0 radical (unpaired) electrons. The number of urea groups is 1. The van der Waals surface area contributed by atoms with Crippen LogP contribution < -0.4 is 10.6 Å². The van der Waals surface area contributed by atoms with Gasteiger partial charge in [0.2, 0.25) is 5.91 Å². The van der Waals surface area contributed by atoms with E-state index in [2.05, 4.69) is 20.8 Å². The molecule has 28 heavy (non-hydrogen) atoms. The summed E-state index contributed by atoms with van der Waals surface area (Å²) in [6.07, 6.45) is 0. The first-order valence-corrected chi connectivity index (χ1v) is 9.79. The fourth-order valence-electron chi connectivity index (χ4n) is 2.56. The largest absolute Gasteiger partial charge is 0.338 e. The number of nitrogens with zero attached hydrogens (tertiary/aromatic N) is 3. The Bertz CT molecular complexity index is 944. The summed E-state index contributed by atoms with van der Waals surface area (Å²) in [7, 11) is 0. The molecular weight excluding hydrogens is 374 g/mol. The number of carbonyl (C=O) groups excluding carboxylic acids is 2. The number of hydrogen-bond acceptors (Lipinski definition) is 5. The monoisotopic (exact) mass is 395 g/mol. The number of rotatable bonds is 6. The van der Waals surface area contributed by atoms with Crippen molar-refractivity contribution in [1.29, 1.82) is 0 Å². The van der Waals surface area contributed by atoms with Crippen molar-refractivity contribution >= 4 is 23.7 Å². The molecule has 1 heterocycles. The standard InChI is InChI=1S/C20H21N5O2S/c1-3-21-19(27)22-18(26)14(2)28-20-24-23-17(15-10-6-4-7-11-15)25(20)16-12-8-5-9-13-16/h4-14H,3H2,1-2H3,(H2,21,22,26,27). The maximum absolute atomic E-state index is 12.3. The molecule has 1 unspecified atom stereocenters. The number of aromatic nitrogens is 3. The number of nitrogens with one attached hydrogen (secondary N) is 2. The molecule has 3 aromatic rings. The van der Waals surface area contributed by atoms with Crippen LogP contribution in [0.1, 0.15) is 13.8 Å². The van der Waals surface area contributed by atoms with E-state index in [1.54, 1.807) is 13.8 Å². The topological polar surface area (TPSA) is 88.9 Å². The maximum atomic E-state index is 12.3. The first kappa shape index (κ1) is 19.6. The SMILES string of the molecule is CCNC(=O)NC(=O)C(C)Sc1nnc(-c2ccccc2)n1-c1ccccc1. The van der Waals surface area contributed by atoms with Gasteiger partial charge in [-0.2, -0.15) is 0 Å². The van der Waals surface area contributed by atoms with Crippen LogP contribution in [0.4, 0.5) is 4.79 Å². The smallest absolute Gasteiger partial charge is 0.321 e. The van der Waals surface area contributed by atoms with Crippen molar-refractivity contribution in [2.24, 2.45) is 0 Å². The lowest BCUT2D eigenvalue weighted by atomic mass is 10.2. The first-order chi connectivity index (χ1) is 13.6. The molecule has 3 rings (SSSR count). The molecule has 0 bridgehead atoms. The molecule has 8 heteroatoms. The minimum absolute atomic E-state index is 0.389. The van der Waals surface area contributed by atoms with Crippen LogP contribution in [0.2, 0.25) is 0 Å². The van der Waals surface area contributed by atoms with Crippen LogP contribution in [0.3, 0.4) is 0 Å². The summed E-state index contributed by atoms with van der Waals surface area (Å²) in [6, 6.07) is 19.0. The highest BCUT2D eigenvalue weighted by atomic mass is 32.2. The lowest BCUT2D eigenvalue weighted by Crippen LogP contribution is -2.42. The molecule has 7 nitrogen and oxygen atoms in total. The number of hydrogen-bond donors (Lipinski definition) is 2. The minimum Gasteiger partial charge on any atom is -0.338 e. The molecular formula is C20H21N5O2S. The summed E-state index contributed by atoms with van der Waals surface area (Å²) in [6.45, 7) is 3.96. The van der Waals surface area contributed by atoms with Gasteiger partial charge in [0.15, 0.2) is 11.0 Å². The van der Waals surface area contributed by atoms with Gasteiger partial charge in [0.25, 0.3) is 0 Å². The molecule has 2 N–H and O–H groups in total. The van der Waals surface area contributed by atoms with Crippen molar-refractivity contribution in [2.75, 3.05) is 6.54 Å². The highest BCUT2D eigenvalue weighted by Gasteiger charge is 2.22. The highest BCUT2D eigenvalue weighted by molar-refractivity contribution is 8.00. The second-order valence-corrected chi connectivity index (χ2v) is 7.26. The minimum atomic E-state index is -0.530. The molecule has 144 valence electrons. The van der Waals surface area contributed by atoms with E-state index < -0.39 is 11.3 Å². The Morgan fingerprint density at radius 2 is 1.68 bits per heavy atom. The van der Waals surface area contributed by atoms with Crippen molar-refractivity contribution in [1.82, 2.24) is 25.4 Å². The van der Waals surface area contributed by atoms with Crippen LogP contribution in [0.25, 0.3) is 17.1 Å². The van der Waals surface area contributed by atoms with Crippen LogP contribution in [0.5, 0.6) is 0 Å². The zero-order chi connectivity index (χ0) is 19.9. The van der Waals surface area contributed by atoms with Crippen LogP contribution >= 0.6 is 11.8 Å². The Hall–Kier alpha value is -3.13. The van der Waals surface area contributed by atoms with Crippen LogP contribution in [0, 0.1) is 0 Å². The lowest BCUT2D eigenvalue weighted by Gasteiger charge is -2.13. The third-order valence-corrected chi connectivity index (χ3v) is 4.95. The Balaban J connectivity index is 1.90. The summed E-state index contributed by atoms with van der Waals surface area (Å²) in [5.41, 5.74) is 1.82. The quantitative estimate of drug-likeness (QED) is 0.626. The van der Waals surface area contributed by atoms with E-state index in [0.717, 1.165) is 11.3 Å². The van der Waals surface area contributed by atoms with Crippen molar-refractivity contribution in [2.45, 2.75) is 24.3 Å². The molecule has 0 aliphatic rings. The number of benzene rings is 2. The van der Waals surface area contributed by atoms with Crippen molar-refractivity contribution in [3.8, 4) is 17.1 Å². The van der Waals surface area contributed by atoms with Gasteiger partial charge in [0.1, 0.15) is 0 Å². The van der Waals surface area contributed by atoms with E-state index in [4.69, 9.17) is 0 Å². The van der Waals surface area contributed by atoms with Crippen molar-refractivity contribution in [3.63, 3.8) is 0 Å². The van der Waals surface area contributed by atoms with Gasteiger partial charge >= 0.3 is 6.03 Å². The molecule has 0 saturated carbocycles. The van der Waals surface area contributed by atoms with E-state index in [1.165, 1.54) is 11.8 Å². The van der Waals surface area contributed by atoms with Crippen LogP contribution in [-0.2, 0) is 4.79 Å². The van der Waals surface area contributed by atoms with Gasteiger partial charge in [0, 0.05) is 17.8 Å². The lowest BCUT2D eigenvalue weighted by molar-refractivity contribution is -0.119. The van der Waals surface area contributed by atoms with Gasteiger partial charge in [-0.15, -0.1) is 10.2 Å². The van der Waals surface area contributed by atoms with E-state index in [9.17, 15) is 9.59 Å². The molecule has 1 atom stereocenters. The summed E-state index contributed by atoms with van der Waals surface area (Å²) in [4.78, 5) is 23.9. The van der Waals surface area contributed by atoms with E-state index in [-0.39, 0.29) is 5.91 Å². The molecule has 0 fully saturated rings. The average Bonchev–Trinajstić information content (AvgIpc) is 3.13. The van der Waals surface area contributed by atoms with Gasteiger partial charge in [-0.25, -0.2) is 4.79 Å². The first-order valence-electron chi connectivity index (χ1n) is 8.91. The Kier molecular flexibility index (Phi) is 6.44. The number of carbonyl (C=O) groups is 2. The van der Waals surface area contributed by atoms with E-state index >= 15 is 0 Å². The highest BCUT2D eigenvalue weighted by Crippen LogP contribution is 2.30. The summed E-state index contributed by atoms with van der Waals surface area (Å²) in [5, 5.41) is 13.6. The average molecular weight is 395 g/mol. The van der Waals surface area contributed by atoms with Gasteiger partial charge in [-0.1, -0.05) is 60.3 Å². The molecule has 1 aromatic heterocycles. The Labute approximate surface area is 167 Å². The van der Waals surface area contributed by atoms with Crippen LogP contribution in [0.15, 0.2) is 65.8 Å². The van der Waals surface area contributed by atoms with Gasteiger partial charge in [-0.3, -0.25) is 14.7 Å². The van der Waals surface area contributed by atoms with Gasteiger partial charge < -0.3 is 5.32 Å². The number of amides is 3. The Morgan fingerprint density at radius 3 is 2.32 bits per heavy atom. The van der Waals surface area contributed by atoms with Gasteiger partial charge in [0.05, 0.1) is 5.25 Å². The normalized spacial score (nSPS) is 11.6. The molecule has 0 aliphatic heterocycles. The third-order valence-electron chi connectivity index (χ3n) is 3.91. The number of para-hydroxylation sites is 1. The maximum Gasteiger partial charge on any atom is 0.321 e. The van der Waals surface area contributed by atoms with Crippen LogP contribution in [-0.4, -0.2) is 38.5 Å². The Morgan fingerprint density at radius 1 is 1.04 bits per heavy atom. The van der Waals surface area contributed by atoms with Crippen molar-refractivity contribution in [3.05, 3.63) is 60.7 Å². The van der Waals surface area contributed by atoms with E-state index in [0.29, 0.717) is 17.5 Å². The molecule has 0 spiro atoms. The summed E-state index contributed by atoms with van der Waals surface area (Å²) < 4.78 is 1.91. The fourth-order valence-corrected chi connectivity index (χ4v) is 3.43. The number of thioether (sulfide) groups is 1. The zero-order valence-corrected chi connectivity index (χ0v) is 16.4. The molecule has 2 aromatic carbocycles. The second-order valence-electron chi connectivity index (χ2n) is 5.95. The van der Waals surface area contributed by atoms with E-state index in [1.807, 2.05) is 65.2 Å². The van der Waals surface area contributed by atoms with Crippen molar-refractivity contribution < 1.29 is 9.59 Å². The van der Waals surface area contributed by atoms with Gasteiger partial charge in [-0.05, 0) is 26.0 Å². The summed E-state index contributed by atoms with van der Waals surface area (Å²) >= 11 is 1.25. The molecule has 0 aliphatic carbocycles. The molecule has 0 saturated heterocycles. The molecule has 3 amide bonds. The fraction of sp³-hybridized carbons (Fsp3) is 0.200. The predicted octanol–water partition coefficient (Wildman–Crippen LogP) is 3.26. The zero-order valence-electron chi connectivity index (χ0n) is 15.6. The third kappa shape index (κ3) is 4.58. The summed E-state index contributed by atoms with van der Waals surface area (Å²) in [5.74, 6) is 0.297. The predicted molar refractivity (Wildman–Crippen MR) is 109 cm³/mol.